The summed E-state index contributed by atoms with van der Waals surface area (Å²) in [5, 5.41) is 11.2. The molecule has 1 atom stereocenters. The maximum absolute atomic E-state index is 11.6. The molecule has 1 amide bonds. The average molecular weight is 463 g/mol. The maximum Gasteiger partial charge on any atom is 0.217 e. The number of anilines is 1. The van der Waals surface area contributed by atoms with Crippen molar-refractivity contribution in [3.05, 3.63) is 78.1 Å². The SMILES string of the molecule is CC(=O)N[C@H]1CCc2cc(-n3c(-c4cccnc4N)nc4ccc(-c5cccnn5)nc43)ccc21. The van der Waals surface area contributed by atoms with Gasteiger partial charge in [-0.05, 0) is 72.5 Å². The highest BCUT2D eigenvalue weighted by Gasteiger charge is 2.25. The molecule has 0 radical (unpaired) electrons. The summed E-state index contributed by atoms with van der Waals surface area (Å²) in [6, 6.07) is 17.6. The molecule has 3 N–H and O–H groups in total. The van der Waals surface area contributed by atoms with Gasteiger partial charge in [-0.3, -0.25) is 9.36 Å². The predicted molar refractivity (Wildman–Crippen MR) is 132 cm³/mol. The van der Waals surface area contributed by atoms with Gasteiger partial charge in [0, 0.05) is 25.0 Å². The van der Waals surface area contributed by atoms with Gasteiger partial charge < -0.3 is 11.1 Å². The Morgan fingerprint density at radius 1 is 1.06 bits per heavy atom. The largest absolute Gasteiger partial charge is 0.383 e. The van der Waals surface area contributed by atoms with Crippen LogP contribution in [0.5, 0.6) is 0 Å². The van der Waals surface area contributed by atoms with Gasteiger partial charge in [0.2, 0.25) is 5.91 Å². The number of aryl methyl sites for hydroxylation is 1. The third-order valence-electron chi connectivity index (χ3n) is 6.26. The van der Waals surface area contributed by atoms with Crippen molar-refractivity contribution >= 4 is 22.9 Å². The summed E-state index contributed by atoms with van der Waals surface area (Å²) < 4.78 is 2.01. The van der Waals surface area contributed by atoms with Crippen LogP contribution in [0.3, 0.4) is 0 Å². The Morgan fingerprint density at radius 3 is 2.74 bits per heavy atom. The molecule has 1 aliphatic rings. The molecule has 6 rings (SSSR count). The highest BCUT2D eigenvalue weighted by atomic mass is 16.1. The van der Waals surface area contributed by atoms with Crippen molar-refractivity contribution in [2.24, 2.45) is 0 Å². The Morgan fingerprint density at radius 2 is 1.94 bits per heavy atom. The summed E-state index contributed by atoms with van der Waals surface area (Å²) in [6.45, 7) is 1.55. The number of carbonyl (C=O) groups is 1. The summed E-state index contributed by atoms with van der Waals surface area (Å²) in [5.74, 6) is 1.03. The molecule has 9 heteroatoms. The Balaban J connectivity index is 1.56. The van der Waals surface area contributed by atoms with E-state index in [9.17, 15) is 4.79 Å². The smallest absolute Gasteiger partial charge is 0.217 e. The number of pyridine rings is 2. The molecular formula is C26H22N8O. The van der Waals surface area contributed by atoms with Crippen LogP contribution in [0.2, 0.25) is 0 Å². The fourth-order valence-electron chi connectivity index (χ4n) is 4.71. The summed E-state index contributed by atoms with van der Waals surface area (Å²) in [4.78, 5) is 25.7. The number of aromatic nitrogens is 6. The van der Waals surface area contributed by atoms with Gasteiger partial charge in [0.1, 0.15) is 17.0 Å². The Labute approximate surface area is 201 Å². The molecular weight excluding hydrogens is 440 g/mol. The molecule has 1 aliphatic carbocycles. The zero-order valence-electron chi connectivity index (χ0n) is 19.0. The van der Waals surface area contributed by atoms with Gasteiger partial charge in [-0.15, -0.1) is 5.10 Å². The minimum Gasteiger partial charge on any atom is -0.383 e. The van der Waals surface area contributed by atoms with E-state index in [0.29, 0.717) is 28.7 Å². The summed E-state index contributed by atoms with van der Waals surface area (Å²) in [6.07, 6.45) is 5.05. The highest BCUT2D eigenvalue weighted by Crippen LogP contribution is 2.36. The minimum absolute atomic E-state index is 0.0254. The van der Waals surface area contributed by atoms with Gasteiger partial charge in [0.25, 0.3) is 0 Å². The number of fused-ring (bicyclic) bond motifs is 2. The molecule has 0 saturated carbocycles. The summed E-state index contributed by atoms with van der Waals surface area (Å²) in [5.41, 5.74) is 13.0. The molecule has 4 heterocycles. The fourth-order valence-corrected chi connectivity index (χ4v) is 4.71. The summed E-state index contributed by atoms with van der Waals surface area (Å²) in [7, 11) is 0. The van der Waals surface area contributed by atoms with Crippen LogP contribution in [0.4, 0.5) is 5.82 Å². The van der Waals surface area contributed by atoms with Crippen LogP contribution in [0, 0.1) is 0 Å². The first kappa shape index (κ1) is 20.9. The van der Waals surface area contributed by atoms with Crippen LogP contribution in [0.25, 0.3) is 39.6 Å². The lowest BCUT2D eigenvalue weighted by atomic mass is 10.1. The number of nitrogens with one attached hydrogen (secondary N) is 1. The number of nitrogens with zero attached hydrogens (tertiary/aromatic N) is 6. The molecule has 1 aromatic carbocycles. The van der Waals surface area contributed by atoms with E-state index < -0.39 is 0 Å². The van der Waals surface area contributed by atoms with E-state index in [1.54, 1.807) is 19.3 Å². The van der Waals surface area contributed by atoms with Crippen molar-refractivity contribution in [1.29, 1.82) is 0 Å². The standard InChI is InChI=1S/C26H22N8O/c1-15(35)30-20-9-6-16-14-17(7-8-18(16)20)34-25(19-4-2-12-28-24(19)27)32-23-11-10-21(31-26(23)34)22-5-3-13-29-33-22/h2-5,7-8,10-14,20H,6,9H2,1H3,(H2,27,28)(H,30,35)/t20-/m0/s1. The van der Waals surface area contributed by atoms with Crippen LogP contribution in [0.15, 0.2) is 67.0 Å². The summed E-state index contributed by atoms with van der Waals surface area (Å²) >= 11 is 0. The fraction of sp³-hybridized carbons (Fsp3) is 0.154. The van der Waals surface area contributed by atoms with Crippen molar-refractivity contribution in [2.75, 3.05) is 5.73 Å². The molecule has 4 aromatic heterocycles. The zero-order chi connectivity index (χ0) is 23.9. The average Bonchev–Trinajstić information content (AvgIpc) is 3.45. The first-order valence-corrected chi connectivity index (χ1v) is 11.4. The lowest BCUT2D eigenvalue weighted by molar-refractivity contribution is -0.119. The van der Waals surface area contributed by atoms with Crippen molar-refractivity contribution in [3.63, 3.8) is 0 Å². The van der Waals surface area contributed by atoms with Crippen LogP contribution in [-0.2, 0) is 11.2 Å². The van der Waals surface area contributed by atoms with E-state index in [1.165, 1.54) is 5.56 Å². The van der Waals surface area contributed by atoms with Gasteiger partial charge in [-0.1, -0.05) is 6.07 Å². The number of nitrogens with two attached hydrogens (primary N) is 1. The molecule has 5 aromatic rings. The third kappa shape index (κ3) is 3.67. The van der Waals surface area contributed by atoms with E-state index in [0.717, 1.165) is 35.2 Å². The molecule has 0 fully saturated rings. The van der Waals surface area contributed by atoms with E-state index in [-0.39, 0.29) is 11.9 Å². The van der Waals surface area contributed by atoms with Crippen molar-refractivity contribution in [2.45, 2.75) is 25.8 Å². The lowest BCUT2D eigenvalue weighted by Crippen LogP contribution is -2.24. The van der Waals surface area contributed by atoms with E-state index >= 15 is 0 Å². The number of hydrogen-bond donors (Lipinski definition) is 2. The van der Waals surface area contributed by atoms with E-state index in [4.69, 9.17) is 15.7 Å². The lowest BCUT2D eigenvalue weighted by Gasteiger charge is -2.15. The molecule has 0 unspecified atom stereocenters. The molecule has 0 spiro atoms. The van der Waals surface area contributed by atoms with Gasteiger partial charge in [-0.2, -0.15) is 5.10 Å². The number of rotatable bonds is 4. The number of imidazole rings is 1. The Hall–Kier alpha value is -4.66. The van der Waals surface area contributed by atoms with Crippen molar-refractivity contribution in [3.8, 4) is 28.5 Å². The van der Waals surface area contributed by atoms with Gasteiger partial charge in [0.05, 0.1) is 17.3 Å². The highest BCUT2D eigenvalue weighted by molar-refractivity contribution is 5.84. The minimum atomic E-state index is -0.0254. The van der Waals surface area contributed by atoms with Gasteiger partial charge in [-0.25, -0.2) is 15.0 Å². The van der Waals surface area contributed by atoms with E-state index in [1.807, 2.05) is 47.0 Å². The second-order valence-electron chi connectivity index (χ2n) is 8.53. The van der Waals surface area contributed by atoms with Crippen molar-refractivity contribution in [1.82, 2.24) is 35.0 Å². The normalized spacial score (nSPS) is 14.7. The predicted octanol–water partition coefficient (Wildman–Crippen LogP) is 3.65. The van der Waals surface area contributed by atoms with Gasteiger partial charge in [0.15, 0.2) is 11.5 Å². The monoisotopic (exact) mass is 462 g/mol. The molecule has 0 bridgehead atoms. The Kier molecular flexibility index (Phi) is 4.95. The van der Waals surface area contributed by atoms with E-state index in [2.05, 4.69) is 32.6 Å². The first-order chi connectivity index (χ1) is 17.1. The number of nitrogen functional groups attached to an aromatic ring is 1. The number of hydrogen-bond acceptors (Lipinski definition) is 7. The molecule has 0 saturated heterocycles. The second kappa shape index (κ2) is 8.28. The maximum atomic E-state index is 11.6. The first-order valence-electron chi connectivity index (χ1n) is 11.4. The number of amides is 1. The third-order valence-corrected chi connectivity index (χ3v) is 6.26. The van der Waals surface area contributed by atoms with Gasteiger partial charge >= 0.3 is 0 Å². The van der Waals surface area contributed by atoms with Crippen molar-refractivity contribution < 1.29 is 4.79 Å². The van der Waals surface area contributed by atoms with Crippen LogP contribution in [-0.4, -0.2) is 35.6 Å². The quantitative estimate of drug-likeness (QED) is 0.418. The topological polar surface area (TPSA) is 124 Å². The zero-order valence-corrected chi connectivity index (χ0v) is 19.0. The van der Waals surface area contributed by atoms with Crippen LogP contribution >= 0.6 is 0 Å². The molecule has 0 aliphatic heterocycles. The molecule has 172 valence electrons. The Bertz CT molecular complexity index is 1580. The second-order valence-corrected chi connectivity index (χ2v) is 8.53. The molecule has 35 heavy (non-hydrogen) atoms. The number of benzene rings is 1. The van der Waals surface area contributed by atoms with Crippen LogP contribution in [0.1, 0.15) is 30.5 Å². The number of carbonyl (C=O) groups excluding carboxylic acids is 1. The van der Waals surface area contributed by atoms with Crippen LogP contribution < -0.4 is 11.1 Å². The molecule has 9 nitrogen and oxygen atoms in total.